The molecule has 0 saturated heterocycles. The van der Waals surface area contributed by atoms with Crippen molar-refractivity contribution in [3.05, 3.63) is 40.7 Å². The highest BCUT2D eigenvalue weighted by molar-refractivity contribution is 6.31. The van der Waals surface area contributed by atoms with Crippen molar-refractivity contribution in [2.45, 2.75) is 33.1 Å². The van der Waals surface area contributed by atoms with Gasteiger partial charge >= 0.3 is 0 Å². The number of rotatable bonds is 3. The Balaban J connectivity index is 2.42. The van der Waals surface area contributed by atoms with Crippen molar-refractivity contribution in [3.8, 4) is 0 Å². The van der Waals surface area contributed by atoms with E-state index in [1.807, 2.05) is 38.2 Å². The van der Waals surface area contributed by atoms with Gasteiger partial charge < -0.3 is 10.6 Å². The minimum Gasteiger partial charge on any atom is -0.373 e. The molecule has 112 valence electrons. The third-order valence-corrected chi connectivity index (χ3v) is 3.59. The first-order chi connectivity index (χ1) is 9.81. The van der Waals surface area contributed by atoms with Crippen molar-refractivity contribution in [1.29, 1.82) is 0 Å². The number of nitrogens with one attached hydrogen (secondary N) is 2. The van der Waals surface area contributed by atoms with Crippen molar-refractivity contribution in [3.63, 3.8) is 0 Å². The maximum atomic E-state index is 6.16. The van der Waals surface area contributed by atoms with Gasteiger partial charge in [0, 0.05) is 29.2 Å². The summed E-state index contributed by atoms with van der Waals surface area (Å²) < 4.78 is 0. The predicted octanol–water partition coefficient (Wildman–Crippen LogP) is 4.52. The molecule has 2 N–H and O–H groups in total. The van der Waals surface area contributed by atoms with Crippen LogP contribution < -0.4 is 10.6 Å². The fourth-order valence-electron chi connectivity index (χ4n) is 1.86. The topological polar surface area (TPSA) is 49.8 Å². The summed E-state index contributed by atoms with van der Waals surface area (Å²) in [5, 5.41) is 7.13. The van der Waals surface area contributed by atoms with Crippen LogP contribution in [0, 0.1) is 6.92 Å². The summed E-state index contributed by atoms with van der Waals surface area (Å²) in [7, 11) is 1.85. The van der Waals surface area contributed by atoms with Crippen LogP contribution in [0.1, 0.15) is 32.2 Å². The molecule has 0 radical (unpaired) electrons. The molecule has 0 bridgehead atoms. The summed E-state index contributed by atoms with van der Waals surface area (Å²) in [5.74, 6) is 2.33. The lowest BCUT2D eigenvalue weighted by Crippen LogP contribution is -2.17. The zero-order chi connectivity index (χ0) is 15.6. The predicted molar refractivity (Wildman–Crippen MR) is 89.8 cm³/mol. The van der Waals surface area contributed by atoms with E-state index in [9.17, 15) is 0 Å². The van der Waals surface area contributed by atoms with E-state index in [0.717, 1.165) is 33.7 Å². The van der Waals surface area contributed by atoms with Crippen LogP contribution in [-0.4, -0.2) is 17.0 Å². The van der Waals surface area contributed by atoms with Gasteiger partial charge in [0.1, 0.15) is 17.5 Å². The van der Waals surface area contributed by atoms with Gasteiger partial charge in [-0.3, -0.25) is 0 Å². The highest BCUT2D eigenvalue weighted by Gasteiger charge is 2.19. The van der Waals surface area contributed by atoms with Crippen LogP contribution in [0.5, 0.6) is 0 Å². The number of halogens is 1. The molecule has 21 heavy (non-hydrogen) atoms. The lowest BCUT2D eigenvalue weighted by Gasteiger charge is -2.19. The number of hydrogen-bond acceptors (Lipinski definition) is 4. The highest BCUT2D eigenvalue weighted by Crippen LogP contribution is 2.28. The molecule has 5 heteroatoms. The molecule has 4 nitrogen and oxygen atoms in total. The van der Waals surface area contributed by atoms with E-state index in [2.05, 4.69) is 41.4 Å². The number of aromatic nitrogens is 2. The molecule has 0 spiro atoms. The summed E-state index contributed by atoms with van der Waals surface area (Å²) in [5.41, 5.74) is 1.83. The van der Waals surface area contributed by atoms with Crippen LogP contribution in [0.25, 0.3) is 0 Å². The molecule has 0 unspecified atom stereocenters. The first kappa shape index (κ1) is 15.6. The molecule has 1 aromatic heterocycles. The third-order valence-electron chi connectivity index (χ3n) is 3.18. The average Bonchev–Trinajstić information content (AvgIpc) is 2.42. The van der Waals surface area contributed by atoms with Crippen molar-refractivity contribution >= 4 is 28.9 Å². The Morgan fingerprint density at radius 2 is 1.76 bits per heavy atom. The van der Waals surface area contributed by atoms with Crippen molar-refractivity contribution < 1.29 is 0 Å². The largest absolute Gasteiger partial charge is 0.373 e. The second-order valence-corrected chi connectivity index (χ2v) is 6.41. The Morgan fingerprint density at radius 3 is 2.38 bits per heavy atom. The van der Waals surface area contributed by atoms with Crippen LogP contribution in [0.15, 0.2) is 24.3 Å². The minimum absolute atomic E-state index is 0.118. The van der Waals surface area contributed by atoms with Gasteiger partial charge in [0.2, 0.25) is 0 Å². The summed E-state index contributed by atoms with van der Waals surface area (Å²) in [4.78, 5) is 9.13. The summed E-state index contributed by atoms with van der Waals surface area (Å²) in [6.45, 7) is 8.26. The molecule has 0 saturated carbocycles. The molecule has 0 atom stereocenters. The van der Waals surface area contributed by atoms with Gasteiger partial charge in [-0.2, -0.15) is 0 Å². The van der Waals surface area contributed by atoms with Crippen LogP contribution in [0.4, 0.5) is 17.3 Å². The van der Waals surface area contributed by atoms with Crippen molar-refractivity contribution in [2.75, 3.05) is 17.7 Å². The van der Waals surface area contributed by atoms with Crippen LogP contribution in [0.2, 0.25) is 5.02 Å². The van der Waals surface area contributed by atoms with E-state index in [1.165, 1.54) is 0 Å². The number of hydrogen-bond donors (Lipinski definition) is 2. The standard InChI is InChI=1S/C16H21ClN4/c1-10-11(17)7-6-8-12(10)19-14-9-13(18-5)20-15(21-14)16(2,3)4/h6-9H,1-5H3,(H2,18,19,20,21). The van der Waals surface area contributed by atoms with E-state index >= 15 is 0 Å². The Bertz CT molecular complexity index is 647. The second kappa shape index (κ2) is 5.90. The summed E-state index contributed by atoms with van der Waals surface area (Å²) in [6, 6.07) is 7.67. The van der Waals surface area contributed by atoms with E-state index < -0.39 is 0 Å². The van der Waals surface area contributed by atoms with Gasteiger partial charge in [-0.05, 0) is 24.6 Å². The van der Waals surface area contributed by atoms with Gasteiger partial charge in [0.15, 0.2) is 0 Å². The fraction of sp³-hybridized carbons (Fsp3) is 0.375. The maximum absolute atomic E-state index is 6.16. The van der Waals surface area contributed by atoms with Crippen LogP contribution >= 0.6 is 11.6 Å². The van der Waals surface area contributed by atoms with Gasteiger partial charge in [-0.1, -0.05) is 38.4 Å². The Morgan fingerprint density at radius 1 is 1.10 bits per heavy atom. The third kappa shape index (κ3) is 3.64. The number of anilines is 3. The lowest BCUT2D eigenvalue weighted by atomic mass is 9.96. The molecular formula is C16H21ClN4. The van der Waals surface area contributed by atoms with E-state index in [1.54, 1.807) is 0 Å². The van der Waals surface area contributed by atoms with E-state index in [4.69, 9.17) is 11.6 Å². The molecule has 2 aromatic rings. The molecule has 0 aliphatic rings. The molecule has 0 aliphatic heterocycles. The fourth-order valence-corrected chi connectivity index (χ4v) is 2.03. The van der Waals surface area contributed by atoms with Gasteiger partial charge in [-0.25, -0.2) is 9.97 Å². The molecule has 2 rings (SSSR count). The Labute approximate surface area is 131 Å². The van der Waals surface area contributed by atoms with Crippen LogP contribution in [0.3, 0.4) is 0 Å². The van der Waals surface area contributed by atoms with E-state index in [0.29, 0.717) is 0 Å². The van der Waals surface area contributed by atoms with Gasteiger partial charge in [0.05, 0.1) is 0 Å². The zero-order valence-corrected chi connectivity index (χ0v) is 13.8. The van der Waals surface area contributed by atoms with Crippen molar-refractivity contribution in [2.24, 2.45) is 0 Å². The molecular weight excluding hydrogens is 284 g/mol. The lowest BCUT2D eigenvalue weighted by molar-refractivity contribution is 0.547. The minimum atomic E-state index is -0.118. The SMILES string of the molecule is CNc1cc(Nc2cccc(Cl)c2C)nc(C(C)(C)C)n1. The summed E-state index contributed by atoms with van der Waals surface area (Å²) >= 11 is 6.16. The molecule has 0 fully saturated rings. The maximum Gasteiger partial charge on any atom is 0.138 e. The first-order valence-corrected chi connectivity index (χ1v) is 7.28. The number of benzene rings is 1. The smallest absolute Gasteiger partial charge is 0.138 e. The van der Waals surface area contributed by atoms with Crippen molar-refractivity contribution in [1.82, 2.24) is 9.97 Å². The zero-order valence-electron chi connectivity index (χ0n) is 13.1. The second-order valence-electron chi connectivity index (χ2n) is 6.00. The van der Waals surface area contributed by atoms with Gasteiger partial charge in [-0.15, -0.1) is 0 Å². The highest BCUT2D eigenvalue weighted by atomic mass is 35.5. The summed E-state index contributed by atoms with van der Waals surface area (Å²) in [6.07, 6.45) is 0. The first-order valence-electron chi connectivity index (χ1n) is 6.90. The normalized spacial score (nSPS) is 11.3. The number of nitrogens with zero attached hydrogens (tertiary/aromatic N) is 2. The van der Waals surface area contributed by atoms with Crippen LogP contribution in [-0.2, 0) is 5.41 Å². The molecule has 1 aromatic carbocycles. The quantitative estimate of drug-likeness (QED) is 0.875. The van der Waals surface area contributed by atoms with E-state index in [-0.39, 0.29) is 5.41 Å². The monoisotopic (exact) mass is 304 g/mol. The Kier molecular flexibility index (Phi) is 4.37. The molecule has 0 amide bonds. The Hall–Kier alpha value is -1.81. The average molecular weight is 305 g/mol. The van der Waals surface area contributed by atoms with Gasteiger partial charge in [0.25, 0.3) is 0 Å². The molecule has 1 heterocycles. The molecule has 0 aliphatic carbocycles.